The Balaban J connectivity index is 1.73. The molecule has 1 amide bonds. The number of aromatic nitrogens is 1. The molecule has 0 aliphatic carbocycles. The summed E-state index contributed by atoms with van der Waals surface area (Å²) in [5, 5.41) is 0.479. The van der Waals surface area contributed by atoms with Gasteiger partial charge in [0.15, 0.2) is 5.43 Å². The Bertz CT molecular complexity index is 1280. The normalized spacial score (nSPS) is 15.7. The van der Waals surface area contributed by atoms with Crippen molar-refractivity contribution in [3.8, 4) is 0 Å². The molecule has 1 atom stereocenters. The van der Waals surface area contributed by atoms with Crippen LogP contribution in [0.3, 0.4) is 0 Å². The van der Waals surface area contributed by atoms with Gasteiger partial charge in [-0.1, -0.05) is 40.2 Å². The number of nitrogens with zero attached hydrogens (tertiary/aromatic N) is 2. The van der Waals surface area contributed by atoms with Gasteiger partial charge < -0.3 is 9.32 Å². The van der Waals surface area contributed by atoms with Gasteiger partial charge in [-0.25, -0.2) is 0 Å². The maximum Gasteiger partial charge on any atom is 0.291 e. The predicted octanol–water partition coefficient (Wildman–Crippen LogP) is 4.70. The van der Waals surface area contributed by atoms with Gasteiger partial charge in [-0.3, -0.25) is 14.6 Å². The first-order chi connectivity index (χ1) is 14.1. The fourth-order valence-electron chi connectivity index (χ4n) is 3.81. The van der Waals surface area contributed by atoms with E-state index in [1.54, 1.807) is 41.6 Å². The minimum atomic E-state index is -0.514. The molecule has 0 saturated carbocycles. The van der Waals surface area contributed by atoms with Crippen molar-refractivity contribution in [2.24, 2.45) is 0 Å². The molecule has 4 aromatic rings. The number of carbonyl (C=O) groups excluding carboxylic acids is 1. The van der Waals surface area contributed by atoms with Crippen LogP contribution in [0.5, 0.6) is 0 Å². The molecular weight excluding hydrogens is 432 g/mol. The third-order valence-corrected chi connectivity index (χ3v) is 5.69. The van der Waals surface area contributed by atoms with Crippen LogP contribution >= 0.6 is 15.9 Å². The molecule has 0 spiro atoms. The molecule has 2 aromatic heterocycles. The zero-order valence-electron chi connectivity index (χ0n) is 15.2. The molecule has 142 valence electrons. The fourth-order valence-corrected chi connectivity index (χ4v) is 4.07. The first-order valence-corrected chi connectivity index (χ1v) is 9.94. The minimum Gasteiger partial charge on any atom is -0.450 e. The molecular formula is C23H15BrN2O3. The van der Waals surface area contributed by atoms with Crippen LogP contribution in [-0.2, 0) is 6.54 Å². The Hall–Kier alpha value is -3.25. The second kappa shape index (κ2) is 6.97. The standard InChI is InChI=1S/C23H15BrN2O3/c24-16-7-5-15(6-8-16)20-19-21(27)17-3-1-2-4-18(17)29-22(19)23(28)26(20)13-14-9-11-25-12-10-14/h1-12,20H,13H2. The highest BCUT2D eigenvalue weighted by molar-refractivity contribution is 9.10. The van der Waals surface area contributed by atoms with Gasteiger partial charge in [-0.05, 0) is 47.5 Å². The zero-order chi connectivity index (χ0) is 20.0. The van der Waals surface area contributed by atoms with Crippen molar-refractivity contribution in [3.05, 3.63) is 110 Å². The van der Waals surface area contributed by atoms with E-state index in [4.69, 9.17) is 4.42 Å². The SMILES string of the molecule is O=C1c2oc3ccccc3c(=O)c2C(c2ccc(Br)cc2)N1Cc1ccncc1. The lowest BCUT2D eigenvalue weighted by Crippen LogP contribution is -2.29. The lowest BCUT2D eigenvalue weighted by Gasteiger charge is -2.25. The number of fused-ring (bicyclic) bond motifs is 2. The van der Waals surface area contributed by atoms with Crippen LogP contribution in [0.15, 0.2) is 86.7 Å². The number of hydrogen-bond donors (Lipinski definition) is 0. The lowest BCUT2D eigenvalue weighted by molar-refractivity contribution is 0.0714. The van der Waals surface area contributed by atoms with E-state index in [1.807, 2.05) is 36.4 Å². The van der Waals surface area contributed by atoms with Gasteiger partial charge in [-0.2, -0.15) is 0 Å². The smallest absolute Gasteiger partial charge is 0.291 e. The van der Waals surface area contributed by atoms with Crippen LogP contribution in [-0.4, -0.2) is 15.8 Å². The van der Waals surface area contributed by atoms with Crippen molar-refractivity contribution in [3.63, 3.8) is 0 Å². The highest BCUT2D eigenvalue weighted by Crippen LogP contribution is 2.39. The highest BCUT2D eigenvalue weighted by atomic mass is 79.9. The molecule has 0 radical (unpaired) electrons. The van der Waals surface area contributed by atoms with E-state index >= 15 is 0 Å². The number of halogens is 1. The molecule has 1 aliphatic rings. The van der Waals surface area contributed by atoms with Crippen LogP contribution < -0.4 is 5.43 Å². The van der Waals surface area contributed by atoms with Crippen molar-refractivity contribution in [1.29, 1.82) is 0 Å². The van der Waals surface area contributed by atoms with Gasteiger partial charge in [0, 0.05) is 23.4 Å². The Morgan fingerprint density at radius 2 is 1.69 bits per heavy atom. The molecule has 0 bridgehead atoms. The van der Waals surface area contributed by atoms with Gasteiger partial charge in [0.1, 0.15) is 5.58 Å². The second-order valence-electron chi connectivity index (χ2n) is 6.91. The Labute approximate surface area is 174 Å². The van der Waals surface area contributed by atoms with Crippen molar-refractivity contribution in [2.75, 3.05) is 0 Å². The summed E-state index contributed by atoms with van der Waals surface area (Å²) >= 11 is 3.45. The summed E-state index contributed by atoms with van der Waals surface area (Å²) in [5.74, 6) is -0.164. The lowest BCUT2D eigenvalue weighted by atomic mass is 9.98. The number of benzene rings is 2. The van der Waals surface area contributed by atoms with Gasteiger partial charge in [0.05, 0.1) is 17.0 Å². The quantitative estimate of drug-likeness (QED) is 0.457. The number of pyridine rings is 1. The molecule has 0 fully saturated rings. The van der Waals surface area contributed by atoms with Gasteiger partial charge in [-0.15, -0.1) is 0 Å². The summed E-state index contributed by atoms with van der Waals surface area (Å²) in [4.78, 5) is 32.4. The van der Waals surface area contributed by atoms with E-state index in [2.05, 4.69) is 20.9 Å². The van der Waals surface area contributed by atoms with Gasteiger partial charge in [0.25, 0.3) is 5.91 Å². The van der Waals surface area contributed by atoms with Crippen molar-refractivity contribution in [2.45, 2.75) is 12.6 Å². The second-order valence-corrected chi connectivity index (χ2v) is 7.83. The van der Waals surface area contributed by atoms with Crippen LogP contribution in [0.1, 0.15) is 33.3 Å². The van der Waals surface area contributed by atoms with E-state index in [-0.39, 0.29) is 17.1 Å². The Morgan fingerprint density at radius 1 is 0.966 bits per heavy atom. The summed E-state index contributed by atoms with van der Waals surface area (Å²) in [6, 6.07) is 17.9. The summed E-state index contributed by atoms with van der Waals surface area (Å²) in [7, 11) is 0. The molecule has 3 heterocycles. The Morgan fingerprint density at radius 3 is 2.45 bits per heavy atom. The van der Waals surface area contributed by atoms with Crippen LogP contribution in [0, 0.1) is 0 Å². The third kappa shape index (κ3) is 2.96. The fraction of sp³-hybridized carbons (Fsp3) is 0.0870. The van der Waals surface area contributed by atoms with Crippen molar-refractivity contribution < 1.29 is 9.21 Å². The first kappa shape index (κ1) is 17.8. The largest absolute Gasteiger partial charge is 0.450 e. The number of carbonyl (C=O) groups is 1. The van der Waals surface area contributed by atoms with Crippen LogP contribution in [0.4, 0.5) is 0 Å². The molecule has 29 heavy (non-hydrogen) atoms. The summed E-state index contributed by atoms with van der Waals surface area (Å²) in [5.41, 5.74) is 2.44. The van der Waals surface area contributed by atoms with E-state index in [1.165, 1.54) is 0 Å². The van der Waals surface area contributed by atoms with Crippen molar-refractivity contribution >= 4 is 32.8 Å². The molecule has 1 aliphatic heterocycles. The van der Waals surface area contributed by atoms with E-state index in [9.17, 15) is 9.59 Å². The number of hydrogen-bond acceptors (Lipinski definition) is 4. The van der Waals surface area contributed by atoms with Crippen LogP contribution in [0.2, 0.25) is 0 Å². The van der Waals surface area contributed by atoms with Crippen molar-refractivity contribution in [1.82, 2.24) is 9.88 Å². The van der Waals surface area contributed by atoms with Crippen LogP contribution in [0.25, 0.3) is 11.0 Å². The summed E-state index contributed by atoms with van der Waals surface area (Å²) in [6.45, 7) is 0.349. The average molecular weight is 447 g/mol. The number of para-hydroxylation sites is 1. The first-order valence-electron chi connectivity index (χ1n) is 9.14. The van der Waals surface area contributed by atoms with E-state index in [0.717, 1.165) is 15.6 Å². The van der Waals surface area contributed by atoms with Gasteiger partial charge >= 0.3 is 0 Å². The maximum atomic E-state index is 13.4. The number of rotatable bonds is 3. The molecule has 5 rings (SSSR count). The number of amides is 1. The van der Waals surface area contributed by atoms with E-state index in [0.29, 0.717) is 23.1 Å². The average Bonchev–Trinajstić information content (AvgIpc) is 3.02. The zero-order valence-corrected chi connectivity index (χ0v) is 16.8. The Kier molecular flexibility index (Phi) is 4.28. The monoisotopic (exact) mass is 446 g/mol. The summed E-state index contributed by atoms with van der Waals surface area (Å²) < 4.78 is 6.86. The molecule has 6 heteroatoms. The minimum absolute atomic E-state index is 0.121. The highest BCUT2D eigenvalue weighted by Gasteiger charge is 2.42. The molecule has 1 unspecified atom stereocenters. The molecule has 0 N–H and O–H groups in total. The molecule has 2 aromatic carbocycles. The van der Waals surface area contributed by atoms with Gasteiger partial charge in [0.2, 0.25) is 5.76 Å². The topological polar surface area (TPSA) is 63.4 Å². The molecule has 5 nitrogen and oxygen atoms in total. The predicted molar refractivity (Wildman–Crippen MR) is 113 cm³/mol. The molecule has 0 saturated heterocycles. The third-order valence-electron chi connectivity index (χ3n) is 5.16. The van der Waals surface area contributed by atoms with E-state index < -0.39 is 6.04 Å². The maximum absolute atomic E-state index is 13.4. The summed E-state index contributed by atoms with van der Waals surface area (Å²) in [6.07, 6.45) is 3.38.